The molecule has 2 bridgehead atoms. The molecular weight excluding hydrogens is 236 g/mol. The number of aromatic nitrogens is 2. The molecule has 0 spiro atoms. The van der Waals surface area contributed by atoms with Crippen LogP contribution in [0, 0.1) is 6.92 Å². The third-order valence-corrected chi connectivity index (χ3v) is 4.83. The molecule has 1 aromatic heterocycles. The molecule has 2 unspecified atom stereocenters. The second-order valence-corrected chi connectivity index (χ2v) is 6.23. The first-order chi connectivity index (χ1) is 9.15. The number of hydrogen-bond donors (Lipinski definition) is 1. The second kappa shape index (κ2) is 5.25. The first-order valence-corrected chi connectivity index (χ1v) is 7.65. The summed E-state index contributed by atoms with van der Waals surface area (Å²) in [5.41, 5.74) is 2.46. The lowest BCUT2D eigenvalue weighted by Crippen LogP contribution is -2.48. The van der Waals surface area contributed by atoms with Crippen LogP contribution in [-0.4, -0.2) is 39.4 Å². The molecular formula is C15H26N4. The minimum absolute atomic E-state index is 0.749. The SMILES string of the molecule is CCN(Cc1cc(C)nn1C)C1CC2CCC(C1)N2. The van der Waals surface area contributed by atoms with Gasteiger partial charge in [0.05, 0.1) is 11.4 Å². The molecule has 1 N–H and O–H groups in total. The van der Waals surface area contributed by atoms with Crippen molar-refractivity contribution in [3.8, 4) is 0 Å². The zero-order valence-corrected chi connectivity index (χ0v) is 12.4. The van der Waals surface area contributed by atoms with Crippen LogP contribution in [0.1, 0.15) is 44.0 Å². The van der Waals surface area contributed by atoms with Crippen LogP contribution in [0.15, 0.2) is 6.07 Å². The fourth-order valence-corrected chi connectivity index (χ4v) is 3.84. The van der Waals surface area contributed by atoms with E-state index in [1.54, 1.807) is 0 Å². The van der Waals surface area contributed by atoms with E-state index in [2.05, 4.69) is 42.3 Å². The number of aryl methyl sites for hydroxylation is 2. The summed E-state index contributed by atoms with van der Waals surface area (Å²) in [7, 11) is 2.06. The Labute approximate surface area is 116 Å². The molecule has 1 aromatic rings. The number of rotatable bonds is 4. The lowest BCUT2D eigenvalue weighted by atomic mass is 9.98. The van der Waals surface area contributed by atoms with Gasteiger partial charge in [-0.3, -0.25) is 9.58 Å². The highest BCUT2D eigenvalue weighted by molar-refractivity contribution is 5.09. The van der Waals surface area contributed by atoms with Crippen LogP contribution in [0.3, 0.4) is 0 Å². The summed E-state index contributed by atoms with van der Waals surface area (Å²) in [6.07, 6.45) is 5.40. The van der Waals surface area contributed by atoms with Gasteiger partial charge in [-0.2, -0.15) is 5.10 Å². The van der Waals surface area contributed by atoms with Crippen LogP contribution >= 0.6 is 0 Å². The van der Waals surface area contributed by atoms with Gasteiger partial charge in [-0.15, -0.1) is 0 Å². The van der Waals surface area contributed by atoms with Gasteiger partial charge in [-0.25, -0.2) is 0 Å². The smallest absolute Gasteiger partial charge is 0.0597 e. The van der Waals surface area contributed by atoms with E-state index in [1.165, 1.54) is 31.4 Å². The standard InChI is InChI=1S/C15H26N4/c1-4-19(10-15-7-11(2)17-18(15)3)14-8-12-5-6-13(9-14)16-12/h7,12-14,16H,4-6,8-10H2,1-3H3. The Bertz CT molecular complexity index is 427. The molecule has 0 aromatic carbocycles. The molecule has 2 atom stereocenters. The van der Waals surface area contributed by atoms with E-state index in [0.29, 0.717) is 0 Å². The van der Waals surface area contributed by atoms with Gasteiger partial charge in [0.1, 0.15) is 0 Å². The van der Waals surface area contributed by atoms with Crippen molar-refractivity contribution in [2.24, 2.45) is 7.05 Å². The van der Waals surface area contributed by atoms with Crippen LogP contribution in [0.2, 0.25) is 0 Å². The van der Waals surface area contributed by atoms with Crippen LogP contribution in [0.25, 0.3) is 0 Å². The van der Waals surface area contributed by atoms with Crippen molar-refractivity contribution in [3.05, 3.63) is 17.5 Å². The zero-order valence-electron chi connectivity index (χ0n) is 12.4. The number of hydrogen-bond acceptors (Lipinski definition) is 3. The molecule has 2 aliphatic heterocycles. The van der Waals surface area contributed by atoms with Gasteiger partial charge in [0.25, 0.3) is 0 Å². The maximum atomic E-state index is 4.46. The molecule has 0 aliphatic carbocycles. The Morgan fingerprint density at radius 2 is 2.05 bits per heavy atom. The molecule has 0 radical (unpaired) electrons. The molecule has 19 heavy (non-hydrogen) atoms. The quantitative estimate of drug-likeness (QED) is 0.899. The molecule has 2 saturated heterocycles. The van der Waals surface area contributed by atoms with E-state index in [9.17, 15) is 0 Å². The Morgan fingerprint density at radius 3 is 2.58 bits per heavy atom. The summed E-state index contributed by atoms with van der Waals surface area (Å²) >= 11 is 0. The minimum Gasteiger partial charge on any atom is -0.311 e. The monoisotopic (exact) mass is 262 g/mol. The van der Waals surface area contributed by atoms with Crippen molar-refractivity contribution < 1.29 is 0 Å². The van der Waals surface area contributed by atoms with Crippen LogP contribution < -0.4 is 5.32 Å². The molecule has 3 rings (SSSR count). The lowest BCUT2D eigenvalue weighted by molar-refractivity contribution is 0.137. The van der Waals surface area contributed by atoms with E-state index in [0.717, 1.165) is 36.9 Å². The highest BCUT2D eigenvalue weighted by Gasteiger charge is 2.35. The van der Waals surface area contributed by atoms with Crippen LogP contribution in [0.5, 0.6) is 0 Å². The lowest BCUT2D eigenvalue weighted by Gasteiger charge is -2.37. The summed E-state index contributed by atoms with van der Waals surface area (Å²) in [5.74, 6) is 0. The molecule has 106 valence electrons. The fourth-order valence-electron chi connectivity index (χ4n) is 3.84. The first kappa shape index (κ1) is 13.1. The van der Waals surface area contributed by atoms with Gasteiger partial charge in [0, 0.05) is 31.7 Å². The zero-order chi connectivity index (χ0) is 13.4. The maximum absolute atomic E-state index is 4.46. The first-order valence-electron chi connectivity index (χ1n) is 7.65. The summed E-state index contributed by atoms with van der Waals surface area (Å²) in [6.45, 7) is 6.53. The van der Waals surface area contributed by atoms with E-state index >= 15 is 0 Å². The van der Waals surface area contributed by atoms with Gasteiger partial charge in [-0.05, 0) is 45.2 Å². The minimum atomic E-state index is 0.749. The Morgan fingerprint density at radius 1 is 1.37 bits per heavy atom. The second-order valence-electron chi connectivity index (χ2n) is 6.23. The summed E-state index contributed by atoms with van der Waals surface area (Å²) in [4.78, 5) is 2.64. The number of nitrogens with zero attached hydrogens (tertiary/aromatic N) is 3. The van der Waals surface area contributed by atoms with Crippen LogP contribution in [0.4, 0.5) is 0 Å². The topological polar surface area (TPSA) is 33.1 Å². The molecule has 2 fully saturated rings. The van der Waals surface area contributed by atoms with E-state index in [-0.39, 0.29) is 0 Å². The Hall–Kier alpha value is -0.870. The van der Waals surface area contributed by atoms with Gasteiger partial charge in [0.2, 0.25) is 0 Å². The van der Waals surface area contributed by atoms with Crippen LogP contribution in [-0.2, 0) is 13.6 Å². The Balaban J connectivity index is 1.69. The fraction of sp³-hybridized carbons (Fsp3) is 0.800. The molecule has 3 heterocycles. The Kier molecular flexibility index (Phi) is 3.63. The maximum Gasteiger partial charge on any atom is 0.0597 e. The van der Waals surface area contributed by atoms with E-state index < -0.39 is 0 Å². The van der Waals surface area contributed by atoms with Crippen molar-refractivity contribution in [3.63, 3.8) is 0 Å². The van der Waals surface area contributed by atoms with E-state index in [4.69, 9.17) is 0 Å². The average molecular weight is 262 g/mol. The molecule has 0 saturated carbocycles. The predicted octanol–water partition coefficient (Wildman–Crippen LogP) is 1.83. The van der Waals surface area contributed by atoms with Gasteiger partial charge >= 0.3 is 0 Å². The third kappa shape index (κ3) is 2.70. The highest BCUT2D eigenvalue weighted by atomic mass is 15.3. The van der Waals surface area contributed by atoms with E-state index in [1.807, 2.05) is 4.68 Å². The summed E-state index contributed by atoms with van der Waals surface area (Å²) in [5, 5.41) is 8.20. The molecule has 0 amide bonds. The van der Waals surface area contributed by atoms with Gasteiger partial charge in [0.15, 0.2) is 0 Å². The molecule has 4 nitrogen and oxygen atoms in total. The van der Waals surface area contributed by atoms with Crippen molar-refractivity contribution in [2.45, 2.75) is 64.2 Å². The molecule has 2 aliphatic rings. The van der Waals surface area contributed by atoms with Crippen molar-refractivity contribution >= 4 is 0 Å². The highest BCUT2D eigenvalue weighted by Crippen LogP contribution is 2.30. The van der Waals surface area contributed by atoms with Crippen molar-refractivity contribution in [1.29, 1.82) is 0 Å². The summed E-state index contributed by atoms with van der Waals surface area (Å²) in [6, 6.07) is 4.51. The normalized spacial score (nSPS) is 30.2. The predicted molar refractivity (Wildman–Crippen MR) is 77.0 cm³/mol. The largest absolute Gasteiger partial charge is 0.311 e. The number of fused-ring (bicyclic) bond motifs is 2. The average Bonchev–Trinajstić information content (AvgIpc) is 2.88. The van der Waals surface area contributed by atoms with Crippen molar-refractivity contribution in [2.75, 3.05) is 6.54 Å². The third-order valence-electron chi connectivity index (χ3n) is 4.83. The molecule has 4 heteroatoms. The number of piperidine rings is 1. The summed E-state index contributed by atoms with van der Waals surface area (Å²) < 4.78 is 2.04. The number of nitrogens with one attached hydrogen (secondary N) is 1. The van der Waals surface area contributed by atoms with Crippen molar-refractivity contribution in [1.82, 2.24) is 20.0 Å². The van der Waals surface area contributed by atoms with Gasteiger partial charge in [-0.1, -0.05) is 6.92 Å². The van der Waals surface area contributed by atoms with Gasteiger partial charge < -0.3 is 5.32 Å².